The van der Waals surface area contributed by atoms with E-state index in [1.54, 1.807) is 13.3 Å². The monoisotopic (exact) mass is 327 g/mol. The molecule has 0 saturated heterocycles. The van der Waals surface area contributed by atoms with Crippen LogP contribution >= 0.6 is 0 Å². The lowest BCUT2D eigenvalue weighted by Crippen LogP contribution is -2.30. The minimum atomic E-state index is -0.280. The van der Waals surface area contributed by atoms with Crippen LogP contribution in [-0.2, 0) is 17.7 Å². The van der Waals surface area contributed by atoms with Gasteiger partial charge in [-0.25, -0.2) is 14.8 Å². The Morgan fingerprint density at radius 3 is 2.88 bits per heavy atom. The summed E-state index contributed by atoms with van der Waals surface area (Å²) in [7, 11) is 2.98. The van der Waals surface area contributed by atoms with Crippen LogP contribution < -0.4 is 9.64 Å². The summed E-state index contributed by atoms with van der Waals surface area (Å²) < 4.78 is 9.97. The smallest absolute Gasteiger partial charge is 0.338 e. The predicted octanol–water partition coefficient (Wildman–Crippen LogP) is 2.53. The van der Waals surface area contributed by atoms with Crippen LogP contribution in [0.25, 0.3) is 0 Å². The van der Waals surface area contributed by atoms with Gasteiger partial charge in [0.1, 0.15) is 0 Å². The molecule has 24 heavy (non-hydrogen) atoms. The predicted molar refractivity (Wildman–Crippen MR) is 90.5 cm³/mol. The zero-order valence-electron chi connectivity index (χ0n) is 14.2. The minimum absolute atomic E-state index is 0.280. The van der Waals surface area contributed by atoms with E-state index < -0.39 is 0 Å². The van der Waals surface area contributed by atoms with E-state index in [0.29, 0.717) is 18.1 Å². The SMILES string of the molecule is COC(=O)c1cccc2c1CCCN2Cc1cnc(OC)nc1C. The molecule has 0 N–H and O–H groups in total. The number of methoxy groups -OCH3 is 2. The third kappa shape index (κ3) is 3.04. The average Bonchev–Trinajstić information content (AvgIpc) is 2.62. The first-order chi connectivity index (χ1) is 11.6. The summed E-state index contributed by atoms with van der Waals surface area (Å²) in [5, 5.41) is 0. The molecule has 0 aliphatic carbocycles. The number of carbonyl (C=O) groups excluding carboxylic acids is 1. The Labute approximate surface area is 141 Å². The number of ether oxygens (including phenoxy) is 2. The molecule has 0 atom stereocenters. The van der Waals surface area contributed by atoms with Crippen molar-refractivity contribution in [3.63, 3.8) is 0 Å². The number of aromatic nitrogens is 2. The Hall–Kier alpha value is -2.63. The van der Waals surface area contributed by atoms with Crippen molar-refractivity contribution in [2.45, 2.75) is 26.3 Å². The van der Waals surface area contributed by atoms with E-state index in [2.05, 4.69) is 20.9 Å². The third-order valence-electron chi connectivity index (χ3n) is 4.35. The molecule has 6 heteroatoms. The van der Waals surface area contributed by atoms with Gasteiger partial charge in [0.2, 0.25) is 0 Å². The normalized spacial score (nSPS) is 13.4. The van der Waals surface area contributed by atoms with Gasteiger partial charge in [0.15, 0.2) is 0 Å². The standard InChI is InChI=1S/C18H21N3O3/c1-12-13(10-19-18(20-12)24-3)11-21-9-5-7-14-15(17(22)23-2)6-4-8-16(14)21/h4,6,8,10H,5,7,9,11H2,1-3H3. The summed E-state index contributed by atoms with van der Waals surface area (Å²) in [5.41, 5.74) is 4.75. The first kappa shape index (κ1) is 16.2. The second-order valence-corrected chi connectivity index (χ2v) is 5.79. The Bertz CT molecular complexity index is 761. The number of esters is 1. The van der Waals surface area contributed by atoms with Gasteiger partial charge in [-0.1, -0.05) is 6.07 Å². The zero-order valence-corrected chi connectivity index (χ0v) is 14.2. The van der Waals surface area contributed by atoms with Crippen LogP contribution in [-0.4, -0.2) is 36.7 Å². The summed E-state index contributed by atoms with van der Waals surface area (Å²) in [6, 6.07) is 6.17. The van der Waals surface area contributed by atoms with Crippen molar-refractivity contribution in [3.05, 3.63) is 46.8 Å². The lowest BCUT2D eigenvalue weighted by molar-refractivity contribution is 0.0599. The molecule has 1 aromatic heterocycles. The van der Waals surface area contributed by atoms with Crippen molar-refractivity contribution in [1.82, 2.24) is 9.97 Å². The maximum atomic E-state index is 12.0. The number of hydrogen-bond acceptors (Lipinski definition) is 6. The Morgan fingerprint density at radius 1 is 1.33 bits per heavy atom. The highest BCUT2D eigenvalue weighted by molar-refractivity contribution is 5.93. The molecule has 0 fully saturated rings. The second kappa shape index (κ2) is 6.86. The van der Waals surface area contributed by atoms with Gasteiger partial charge >= 0.3 is 12.0 Å². The number of hydrogen-bond donors (Lipinski definition) is 0. The van der Waals surface area contributed by atoms with Crippen molar-refractivity contribution in [1.29, 1.82) is 0 Å². The number of aryl methyl sites for hydroxylation is 1. The number of carbonyl (C=O) groups is 1. The van der Waals surface area contributed by atoms with Crippen molar-refractivity contribution in [2.75, 3.05) is 25.7 Å². The van der Waals surface area contributed by atoms with E-state index in [1.807, 2.05) is 19.1 Å². The molecular formula is C18H21N3O3. The highest BCUT2D eigenvalue weighted by Crippen LogP contribution is 2.31. The van der Waals surface area contributed by atoms with Crippen LogP contribution in [0.2, 0.25) is 0 Å². The molecule has 2 aromatic rings. The van der Waals surface area contributed by atoms with Gasteiger partial charge in [-0.2, -0.15) is 0 Å². The number of rotatable bonds is 4. The fourth-order valence-corrected chi connectivity index (χ4v) is 3.10. The van der Waals surface area contributed by atoms with Gasteiger partial charge in [0.25, 0.3) is 0 Å². The van der Waals surface area contributed by atoms with E-state index in [0.717, 1.165) is 41.9 Å². The minimum Gasteiger partial charge on any atom is -0.467 e. The molecule has 0 saturated carbocycles. The fourth-order valence-electron chi connectivity index (χ4n) is 3.10. The van der Waals surface area contributed by atoms with Gasteiger partial charge in [-0.05, 0) is 37.5 Å². The molecule has 0 bridgehead atoms. The molecule has 0 unspecified atom stereocenters. The van der Waals surface area contributed by atoms with Gasteiger partial charge in [0.05, 0.1) is 19.8 Å². The summed E-state index contributed by atoms with van der Waals surface area (Å²) in [5.74, 6) is -0.280. The summed E-state index contributed by atoms with van der Waals surface area (Å²) in [6.45, 7) is 3.59. The van der Waals surface area contributed by atoms with E-state index in [4.69, 9.17) is 9.47 Å². The molecule has 126 valence electrons. The maximum Gasteiger partial charge on any atom is 0.338 e. The van der Waals surface area contributed by atoms with Crippen LogP contribution in [0, 0.1) is 6.92 Å². The molecule has 0 amide bonds. The highest BCUT2D eigenvalue weighted by Gasteiger charge is 2.23. The summed E-state index contributed by atoms with van der Waals surface area (Å²) in [6.07, 6.45) is 3.69. The number of fused-ring (bicyclic) bond motifs is 1. The first-order valence-corrected chi connectivity index (χ1v) is 7.95. The van der Waals surface area contributed by atoms with Crippen LogP contribution in [0.3, 0.4) is 0 Å². The van der Waals surface area contributed by atoms with Crippen LogP contribution in [0.5, 0.6) is 6.01 Å². The maximum absolute atomic E-state index is 12.0. The van der Waals surface area contributed by atoms with Crippen LogP contribution in [0.15, 0.2) is 24.4 Å². The Balaban J connectivity index is 1.92. The summed E-state index contributed by atoms with van der Waals surface area (Å²) >= 11 is 0. The first-order valence-electron chi connectivity index (χ1n) is 7.95. The lowest BCUT2D eigenvalue weighted by atomic mass is 9.96. The molecule has 3 rings (SSSR count). The van der Waals surface area contributed by atoms with Gasteiger partial charge < -0.3 is 14.4 Å². The van der Waals surface area contributed by atoms with E-state index >= 15 is 0 Å². The van der Waals surface area contributed by atoms with Crippen molar-refractivity contribution in [2.24, 2.45) is 0 Å². The summed E-state index contributed by atoms with van der Waals surface area (Å²) in [4.78, 5) is 22.8. The van der Waals surface area contributed by atoms with Gasteiger partial charge in [-0.3, -0.25) is 0 Å². The molecule has 6 nitrogen and oxygen atoms in total. The second-order valence-electron chi connectivity index (χ2n) is 5.79. The van der Waals surface area contributed by atoms with E-state index in [-0.39, 0.29) is 5.97 Å². The fraction of sp³-hybridized carbons (Fsp3) is 0.389. The lowest BCUT2D eigenvalue weighted by Gasteiger charge is -2.32. The van der Waals surface area contributed by atoms with Crippen LogP contribution in [0.1, 0.15) is 33.6 Å². The number of nitrogens with zero attached hydrogens (tertiary/aromatic N) is 3. The highest BCUT2D eigenvalue weighted by atomic mass is 16.5. The Kier molecular flexibility index (Phi) is 4.64. The molecule has 1 aromatic carbocycles. The van der Waals surface area contributed by atoms with Gasteiger partial charge in [0, 0.05) is 36.2 Å². The van der Waals surface area contributed by atoms with Crippen molar-refractivity contribution in [3.8, 4) is 6.01 Å². The molecular weight excluding hydrogens is 306 g/mol. The topological polar surface area (TPSA) is 64.5 Å². The van der Waals surface area contributed by atoms with Crippen molar-refractivity contribution >= 4 is 11.7 Å². The zero-order chi connectivity index (χ0) is 17.1. The molecule has 1 aliphatic rings. The molecule has 1 aliphatic heterocycles. The molecule has 0 spiro atoms. The Morgan fingerprint density at radius 2 is 2.17 bits per heavy atom. The average molecular weight is 327 g/mol. The van der Waals surface area contributed by atoms with Gasteiger partial charge in [-0.15, -0.1) is 0 Å². The van der Waals surface area contributed by atoms with E-state index in [9.17, 15) is 4.79 Å². The third-order valence-corrected chi connectivity index (χ3v) is 4.35. The van der Waals surface area contributed by atoms with E-state index in [1.165, 1.54) is 7.11 Å². The quantitative estimate of drug-likeness (QED) is 0.804. The molecule has 0 radical (unpaired) electrons. The van der Waals surface area contributed by atoms with Crippen molar-refractivity contribution < 1.29 is 14.3 Å². The molecule has 2 heterocycles. The largest absolute Gasteiger partial charge is 0.467 e. The number of benzene rings is 1. The number of anilines is 1. The van der Waals surface area contributed by atoms with Crippen LogP contribution in [0.4, 0.5) is 5.69 Å².